The molecule has 0 saturated heterocycles. The first kappa shape index (κ1) is 21.3. The summed E-state index contributed by atoms with van der Waals surface area (Å²) < 4.78 is 11.8. The number of hydrogen-bond donors (Lipinski definition) is 1. The Bertz CT molecular complexity index is 701. The van der Waals surface area contributed by atoms with Crippen molar-refractivity contribution in [1.29, 1.82) is 0 Å². The topological polar surface area (TPSA) is 49.8 Å². The summed E-state index contributed by atoms with van der Waals surface area (Å²) in [5.74, 6) is 3.38. The Morgan fingerprint density at radius 1 is 1.00 bits per heavy atom. The van der Waals surface area contributed by atoms with E-state index in [4.69, 9.17) is 8.83 Å². The van der Waals surface area contributed by atoms with Crippen LogP contribution in [0.1, 0.15) is 62.1 Å². The normalized spacial score (nSPS) is 11.9. The Morgan fingerprint density at radius 3 is 2.11 bits per heavy atom. The van der Waals surface area contributed by atoms with Crippen LogP contribution in [0, 0.1) is 6.92 Å². The predicted molar refractivity (Wildman–Crippen MR) is 109 cm³/mol. The number of nitrogens with zero attached hydrogens (tertiary/aromatic N) is 1. The molecule has 0 bridgehead atoms. The third-order valence-corrected chi connectivity index (χ3v) is 4.74. The zero-order chi connectivity index (χ0) is 19.7. The molecule has 0 aliphatic rings. The molecule has 0 aliphatic carbocycles. The van der Waals surface area contributed by atoms with E-state index in [9.17, 15) is 5.11 Å². The summed E-state index contributed by atoms with van der Waals surface area (Å²) >= 11 is 0. The van der Waals surface area contributed by atoms with E-state index in [1.54, 1.807) is 0 Å². The molecular weight excluding hydrogens is 338 g/mol. The van der Waals surface area contributed by atoms with Gasteiger partial charge < -0.3 is 13.9 Å². The molecule has 0 unspecified atom stereocenters. The van der Waals surface area contributed by atoms with Crippen LogP contribution in [-0.4, -0.2) is 16.6 Å². The Hall–Kier alpha value is -2.04. The van der Waals surface area contributed by atoms with Crippen LogP contribution in [0.4, 0.5) is 0 Å². The van der Waals surface area contributed by atoms with Gasteiger partial charge in [-0.15, -0.1) is 13.2 Å². The average molecular weight is 372 g/mol. The van der Waals surface area contributed by atoms with Gasteiger partial charge in [0, 0.05) is 0 Å². The lowest BCUT2D eigenvalue weighted by Crippen LogP contribution is -2.25. The second-order valence-electron chi connectivity index (χ2n) is 7.18. The Kier molecular flexibility index (Phi) is 8.14. The van der Waals surface area contributed by atoms with E-state index in [1.807, 2.05) is 43.3 Å². The smallest absolute Gasteiger partial charge is 0.135 e. The maximum Gasteiger partial charge on any atom is 0.135 e. The second kappa shape index (κ2) is 10.3. The number of furan rings is 2. The molecule has 148 valence electrons. The first-order chi connectivity index (χ1) is 13.0. The fourth-order valence-corrected chi connectivity index (χ4v) is 3.31. The van der Waals surface area contributed by atoms with E-state index < -0.39 is 5.60 Å². The number of aliphatic hydroxyl groups is 1. The van der Waals surface area contributed by atoms with Gasteiger partial charge in [-0.1, -0.05) is 19.1 Å². The van der Waals surface area contributed by atoms with E-state index in [0.29, 0.717) is 25.1 Å². The quantitative estimate of drug-likeness (QED) is 0.458. The number of allylic oxidation sites excluding steroid dienone is 2. The summed E-state index contributed by atoms with van der Waals surface area (Å²) in [7, 11) is 0. The van der Waals surface area contributed by atoms with E-state index in [-0.39, 0.29) is 0 Å². The summed E-state index contributed by atoms with van der Waals surface area (Å²) in [5, 5.41) is 11.1. The maximum atomic E-state index is 11.1. The van der Waals surface area contributed by atoms with Gasteiger partial charge in [0.15, 0.2) is 0 Å². The van der Waals surface area contributed by atoms with Crippen molar-refractivity contribution in [3.63, 3.8) is 0 Å². The zero-order valence-corrected chi connectivity index (χ0v) is 16.7. The van der Waals surface area contributed by atoms with Crippen molar-refractivity contribution in [2.45, 2.75) is 64.6 Å². The highest BCUT2D eigenvalue weighted by atomic mass is 16.4. The standard InChI is InChI=1S/C23H33NO3/c1-5-8-14-23(25,15-9-6-2)22-13-12-21(27-22)18-24(16-7-3)17-20-11-10-19(4)26-20/h5-6,10-13,25H,1-2,7-9,14-18H2,3-4H3. The first-order valence-corrected chi connectivity index (χ1v) is 9.81. The van der Waals surface area contributed by atoms with Crippen LogP contribution in [0.5, 0.6) is 0 Å². The van der Waals surface area contributed by atoms with Gasteiger partial charge in [-0.2, -0.15) is 0 Å². The second-order valence-corrected chi connectivity index (χ2v) is 7.18. The molecule has 2 aromatic rings. The fraction of sp³-hybridized carbons (Fsp3) is 0.478. The first-order valence-electron chi connectivity index (χ1n) is 9.81. The number of aryl methyl sites for hydroxylation is 1. The molecule has 4 nitrogen and oxygen atoms in total. The van der Waals surface area contributed by atoms with Crippen LogP contribution in [0.15, 0.2) is 58.4 Å². The van der Waals surface area contributed by atoms with Crippen LogP contribution in [0.2, 0.25) is 0 Å². The molecule has 0 atom stereocenters. The van der Waals surface area contributed by atoms with Crippen LogP contribution in [0.3, 0.4) is 0 Å². The molecule has 0 amide bonds. The summed E-state index contributed by atoms with van der Waals surface area (Å²) in [4.78, 5) is 2.30. The minimum atomic E-state index is -0.978. The van der Waals surface area contributed by atoms with Crippen molar-refractivity contribution in [2.24, 2.45) is 0 Å². The Morgan fingerprint density at radius 2 is 1.59 bits per heavy atom. The van der Waals surface area contributed by atoms with Crippen LogP contribution in [0.25, 0.3) is 0 Å². The molecular formula is C23H33NO3. The third-order valence-electron chi connectivity index (χ3n) is 4.74. The SMILES string of the molecule is C=CCCC(O)(CCC=C)c1ccc(CN(CCC)Cc2ccc(C)o2)o1. The molecule has 0 aliphatic heterocycles. The maximum absolute atomic E-state index is 11.1. The van der Waals surface area contributed by atoms with Gasteiger partial charge in [-0.05, 0) is 69.8 Å². The van der Waals surface area contributed by atoms with Crippen molar-refractivity contribution in [3.05, 3.63) is 72.6 Å². The number of hydrogen-bond acceptors (Lipinski definition) is 4. The van der Waals surface area contributed by atoms with Crippen molar-refractivity contribution < 1.29 is 13.9 Å². The molecule has 0 aromatic carbocycles. The summed E-state index contributed by atoms with van der Waals surface area (Å²) in [6.07, 6.45) is 7.39. The fourth-order valence-electron chi connectivity index (χ4n) is 3.31. The summed E-state index contributed by atoms with van der Waals surface area (Å²) in [6.45, 7) is 14.0. The monoisotopic (exact) mass is 371 g/mol. The molecule has 2 rings (SSSR count). The van der Waals surface area contributed by atoms with Gasteiger partial charge in [0.05, 0.1) is 13.1 Å². The van der Waals surface area contributed by atoms with E-state index >= 15 is 0 Å². The van der Waals surface area contributed by atoms with Gasteiger partial charge in [-0.3, -0.25) is 4.90 Å². The molecule has 0 fully saturated rings. The van der Waals surface area contributed by atoms with E-state index in [1.165, 1.54) is 0 Å². The lowest BCUT2D eigenvalue weighted by atomic mass is 9.89. The van der Waals surface area contributed by atoms with Gasteiger partial charge in [0.25, 0.3) is 0 Å². The minimum Gasteiger partial charge on any atom is -0.465 e. The lowest BCUT2D eigenvalue weighted by Gasteiger charge is -2.25. The molecule has 0 saturated carbocycles. The van der Waals surface area contributed by atoms with Crippen molar-refractivity contribution in [2.75, 3.05) is 6.54 Å². The van der Waals surface area contributed by atoms with E-state index in [0.717, 1.165) is 49.6 Å². The Labute approximate surface area is 163 Å². The van der Waals surface area contributed by atoms with Crippen LogP contribution < -0.4 is 0 Å². The van der Waals surface area contributed by atoms with Gasteiger partial charge in [0.1, 0.15) is 28.6 Å². The molecule has 0 spiro atoms. The average Bonchev–Trinajstić information content (AvgIpc) is 3.28. The number of rotatable bonds is 13. The molecule has 0 radical (unpaired) electrons. The summed E-state index contributed by atoms with van der Waals surface area (Å²) in [5.41, 5.74) is -0.978. The molecule has 2 aromatic heterocycles. The molecule has 2 heterocycles. The van der Waals surface area contributed by atoms with Crippen molar-refractivity contribution >= 4 is 0 Å². The minimum absolute atomic E-state index is 0.599. The molecule has 4 heteroatoms. The van der Waals surface area contributed by atoms with Crippen LogP contribution >= 0.6 is 0 Å². The highest BCUT2D eigenvalue weighted by molar-refractivity contribution is 5.15. The lowest BCUT2D eigenvalue weighted by molar-refractivity contribution is -0.00218. The highest BCUT2D eigenvalue weighted by Gasteiger charge is 2.31. The van der Waals surface area contributed by atoms with Crippen molar-refractivity contribution in [1.82, 2.24) is 4.90 Å². The van der Waals surface area contributed by atoms with E-state index in [2.05, 4.69) is 25.0 Å². The van der Waals surface area contributed by atoms with Crippen molar-refractivity contribution in [3.8, 4) is 0 Å². The highest BCUT2D eigenvalue weighted by Crippen LogP contribution is 2.33. The Balaban J connectivity index is 2.10. The van der Waals surface area contributed by atoms with Crippen LogP contribution in [-0.2, 0) is 18.7 Å². The van der Waals surface area contributed by atoms with Gasteiger partial charge in [0.2, 0.25) is 0 Å². The third kappa shape index (κ3) is 6.26. The molecule has 27 heavy (non-hydrogen) atoms. The molecule has 1 N–H and O–H groups in total. The van der Waals surface area contributed by atoms with Gasteiger partial charge in [-0.25, -0.2) is 0 Å². The largest absolute Gasteiger partial charge is 0.465 e. The predicted octanol–water partition coefficient (Wildman–Crippen LogP) is 5.71. The van der Waals surface area contributed by atoms with Gasteiger partial charge >= 0.3 is 0 Å². The zero-order valence-electron chi connectivity index (χ0n) is 16.7. The summed E-state index contributed by atoms with van der Waals surface area (Å²) in [6, 6.07) is 7.89.